The number of allylic oxidation sites excluding steroid dienone is 1. The normalized spacial score (nSPS) is 25.5. The van der Waals surface area contributed by atoms with Gasteiger partial charge in [-0.15, -0.1) is 0 Å². The first-order valence-corrected chi connectivity index (χ1v) is 12.8. The molecule has 0 amide bonds. The molecule has 0 bridgehead atoms. The maximum atomic E-state index is 11.0. The van der Waals surface area contributed by atoms with Gasteiger partial charge in [0.05, 0.1) is 24.0 Å². The molecule has 4 unspecified atom stereocenters. The van der Waals surface area contributed by atoms with Crippen LogP contribution in [0.15, 0.2) is 44.4 Å². The first-order chi connectivity index (χ1) is 17.5. The minimum atomic E-state index is -0.940. The smallest absolute Gasteiger partial charge is 0.252 e. The van der Waals surface area contributed by atoms with Gasteiger partial charge in [0, 0.05) is 48.3 Å². The summed E-state index contributed by atoms with van der Waals surface area (Å²) in [6.07, 6.45) is 4.18. The minimum absolute atomic E-state index is 0.190. The summed E-state index contributed by atoms with van der Waals surface area (Å²) in [5.41, 5.74) is 5.10. The largest absolute Gasteiger partial charge is 0.484 e. The number of aromatic nitrogens is 1. The van der Waals surface area contributed by atoms with E-state index in [1.165, 1.54) is 0 Å². The first-order valence-electron chi connectivity index (χ1n) is 12.8. The molecule has 4 aliphatic rings. The number of pyridine rings is 1. The van der Waals surface area contributed by atoms with Crippen molar-refractivity contribution in [1.82, 2.24) is 15.3 Å². The Balaban J connectivity index is 1.16. The lowest BCUT2D eigenvalue weighted by molar-refractivity contribution is -0.0176. The maximum Gasteiger partial charge on any atom is 0.252 e. The molecule has 3 aliphatic heterocycles. The van der Waals surface area contributed by atoms with E-state index in [2.05, 4.69) is 33.3 Å². The molecule has 2 aromatic rings. The standard InChI is InChI=1S/C27H33N5O4/c1-15-6-4-7-18(30-15)13-32-17(3)20-9-10-21-23(24(20)31-32)16(2)25(36-21)26(33)29-12-19-14-34-27-22(35-19)8-5-11-28-27/h4,6-7,11,17,19-20,26,29,33H,5,8-10,12-14H2,1-3H3. The van der Waals surface area contributed by atoms with Crippen molar-refractivity contribution in [2.24, 2.45) is 16.0 Å². The Kier molecular flexibility index (Phi) is 6.05. The van der Waals surface area contributed by atoms with E-state index < -0.39 is 6.23 Å². The van der Waals surface area contributed by atoms with Crippen LogP contribution in [0.3, 0.4) is 0 Å². The highest BCUT2D eigenvalue weighted by molar-refractivity contribution is 6.06. The number of ether oxygens (including phenoxy) is 2. The minimum Gasteiger partial charge on any atom is -0.484 e. The number of aryl methyl sites for hydroxylation is 2. The molecule has 4 atom stereocenters. The molecule has 9 heteroatoms. The Morgan fingerprint density at radius 2 is 2.14 bits per heavy atom. The quantitative estimate of drug-likeness (QED) is 0.596. The summed E-state index contributed by atoms with van der Waals surface area (Å²) in [6.45, 7) is 7.77. The van der Waals surface area contributed by atoms with Crippen molar-refractivity contribution in [1.29, 1.82) is 0 Å². The molecule has 1 aliphatic carbocycles. The molecule has 0 radical (unpaired) electrons. The lowest BCUT2D eigenvalue weighted by Crippen LogP contribution is -2.37. The fourth-order valence-electron chi connectivity index (χ4n) is 5.63. The third kappa shape index (κ3) is 4.20. The molecule has 2 N–H and O–H groups in total. The fourth-order valence-corrected chi connectivity index (χ4v) is 5.63. The van der Waals surface area contributed by atoms with E-state index in [1.807, 2.05) is 32.2 Å². The number of aliphatic hydroxyl groups is 1. The van der Waals surface area contributed by atoms with Gasteiger partial charge in [0.2, 0.25) is 0 Å². The molecule has 0 saturated carbocycles. The van der Waals surface area contributed by atoms with Crippen LogP contribution >= 0.6 is 0 Å². The molecule has 0 spiro atoms. The monoisotopic (exact) mass is 491 g/mol. The summed E-state index contributed by atoms with van der Waals surface area (Å²) < 4.78 is 18.0. The topological polar surface area (TPSA) is 105 Å². The third-order valence-electron chi connectivity index (χ3n) is 7.55. The van der Waals surface area contributed by atoms with Crippen molar-refractivity contribution in [3.63, 3.8) is 0 Å². The zero-order valence-corrected chi connectivity index (χ0v) is 21.0. The molecular weight excluding hydrogens is 458 g/mol. The molecule has 0 saturated heterocycles. The summed E-state index contributed by atoms with van der Waals surface area (Å²) in [5, 5.41) is 21.3. The van der Waals surface area contributed by atoms with Crippen LogP contribution in [-0.2, 0) is 22.4 Å². The Labute approximate surface area is 210 Å². The summed E-state index contributed by atoms with van der Waals surface area (Å²) in [7, 11) is 0. The lowest BCUT2D eigenvalue weighted by Gasteiger charge is -2.29. The van der Waals surface area contributed by atoms with Gasteiger partial charge in [-0.1, -0.05) is 6.07 Å². The second-order valence-electron chi connectivity index (χ2n) is 10.1. The molecule has 0 fully saturated rings. The number of aliphatic imine (C=N–C) groups is 1. The molecule has 0 aromatic carbocycles. The van der Waals surface area contributed by atoms with E-state index in [1.54, 1.807) is 0 Å². The van der Waals surface area contributed by atoms with E-state index in [9.17, 15) is 5.11 Å². The highest BCUT2D eigenvalue weighted by atomic mass is 16.6. The van der Waals surface area contributed by atoms with E-state index >= 15 is 0 Å². The van der Waals surface area contributed by atoms with Crippen LogP contribution in [-0.4, -0.2) is 52.3 Å². The fraction of sp³-hybridized carbons (Fsp3) is 0.519. The Morgan fingerprint density at radius 3 is 3.00 bits per heavy atom. The third-order valence-corrected chi connectivity index (χ3v) is 7.55. The first kappa shape index (κ1) is 23.2. The van der Waals surface area contributed by atoms with Gasteiger partial charge in [-0.25, -0.2) is 4.99 Å². The Bertz CT molecular complexity index is 1250. The molecule has 190 valence electrons. The van der Waals surface area contributed by atoms with Gasteiger partial charge in [0.1, 0.15) is 18.5 Å². The van der Waals surface area contributed by atoms with Gasteiger partial charge in [-0.3, -0.25) is 15.3 Å². The molecular formula is C27H33N5O4. The van der Waals surface area contributed by atoms with Crippen molar-refractivity contribution < 1.29 is 19.0 Å². The van der Waals surface area contributed by atoms with Crippen LogP contribution in [0, 0.1) is 19.8 Å². The van der Waals surface area contributed by atoms with Crippen LogP contribution in [0.1, 0.15) is 66.4 Å². The summed E-state index contributed by atoms with van der Waals surface area (Å²) >= 11 is 0. The number of hydrogen-bond acceptors (Lipinski definition) is 9. The van der Waals surface area contributed by atoms with Crippen molar-refractivity contribution in [2.45, 2.75) is 71.4 Å². The molecule has 36 heavy (non-hydrogen) atoms. The number of furan rings is 1. The number of rotatable bonds is 6. The second-order valence-corrected chi connectivity index (χ2v) is 10.1. The number of hydrazone groups is 1. The van der Waals surface area contributed by atoms with Crippen molar-refractivity contribution >= 4 is 11.9 Å². The summed E-state index contributed by atoms with van der Waals surface area (Å²) in [5.74, 6) is 3.17. The van der Waals surface area contributed by atoms with Crippen LogP contribution in [0.5, 0.6) is 0 Å². The van der Waals surface area contributed by atoms with Crippen molar-refractivity contribution in [3.05, 3.63) is 63.9 Å². The highest BCUT2D eigenvalue weighted by Gasteiger charge is 2.41. The molecule has 2 aromatic heterocycles. The van der Waals surface area contributed by atoms with E-state index in [0.717, 1.165) is 65.4 Å². The van der Waals surface area contributed by atoms with Crippen LogP contribution in [0.4, 0.5) is 0 Å². The van der Waals surface area contributed by atoms with Crippen LogP contribution < -0.4 is 5.32 Å². The lowest BCUT2D eigenvalue weighted by atomic mass is 9.81. The van der Waals surface area contributed by atoms with Crippen molar-refractivity contribution in [3.8, 4) is 0 Å². The van der Waals surface area contributed by atoms with Gasteiger partial charge in [0.25, 0.3) is 5.88 Å². The van der Waals surface area contributed by atoms with Crippen molar-refractivity contribution in [2.75, 3.05) is 13.2 Å². The summed E-state index contributed by atoms with van der Waals surface area (Å²) in [4.78, 5) is 8.91. The highest BCUT2D eigenvalue weighted by Crippen LogP contribution is 2.40. The predicted octanol–water partition coefficient (Wildman–Crippen LogP) is 3.49. The van der Waals surface area contributed by atoms with E-state index in [-0.39, 0.29) is 12.1 Å². The SMILES string of the molecule is Cc1cccc(CN2N=C3c4c(oc(C(O)NCC5COC6=C(CCC=N6)O5)c4C)CCC3C2C)n1. The van der Waals surface area contributed by atoms with Crippen LogP contribution in [0.2, 0.25) is 0 Å². The van der Waals surface area contributed by atoms with Gasteiger partial charge in [-0.05, 0) is 45.7 Å². The van der Waals surface area contributed by atoms with E-state index in [0.29, 0.717) is 37.3 Å². The zero-order valence-electron chi connectivity index (χ0n) is 21.0. The van der Waals surface area contributed by atoms with Crippen LogP contribution in [0.25, 0.3) is 0 Å². The molecule has 6 rings (SSSR count). The Hall–Kier alpha value is -3.17. The number of nitrogens with zero attached hydrogens (tertiary/aromatic N) is 4. The second kappa shape index (κ2) is 9.37. The average Bonchev–Trinajstić information content (AvgIpc) is 3.39. The number of fused-ring (bicyclic) bond motifs is 3. The summed E-state index contributed by atoms with van der Waals surface area (Å²) in [6, 6.07) is 6.39. The predicted molar refractivity (Wildman–Crippen MR) is 134 cm³/mol. The number of hydrogen-bond donors (Lipinski definition) is 2. The maximum absolute atomic E-state index is 11.0. The number of aliphatic hydroxyl groups excluding tert-OH is 1. The average molecular weight is 492 g/mol. The van der Waals surface area contributed by atoms with Gasteiger partial charge in [-0.2, -0.15) is 5.10 Å². The van der Waals surface area contributed by atoms with Gasteiger partial charge < -0.3 is 19.0 Å². The molecule has 9 nitrogen and oxygen atoms in total. The van der Waals surface area contributed by atoms with E-state index in [4.69, 9.17) is 19.0 Å². The van der Waals surface area contributed by atoms with Gasteiger partial charge >= 0.3 is 0 Å². The Morgan fingerprint density at radius 1 is 1.25 bits per heavy atom. The number of nitrogens with one attached hydrogen (secondary N) is 1. The zero-order chi connectivity index (χ0) is 24.8. The molecule has 5 heterocycles. The van der Waals surface area contributed by atoms with Gasteiger partial charge in [0.15, 0.2) is 17.7 Å².